The van der Waals surface area contributed by atoms with E-state index < -0.39 is 23.5 Å². The van der Waals surface area contributed by atoms with E-state index in [9.17, 15) is 19.8 Å². The third kappa shape index (κ3) is 5.38. The predicted molar refractivity (Wildman–Crippen MR) is 167 cm³/mol. The van der Waals surface area contributed by atoms with Crippen molar-refractivity contribution in [3.05, 3.63) is 101 Å². The molecule has 1 aliphatic heterocycles. The van der Waals surface area contributed by atoms with Crippen LogP contribution < -0.4 is 14.4 Å². The highest BCUT2D eigenvalue weighted by Gasteiger charge is 2.47. The first kappa shape index (κ1) is 29.3. The van der Waals surface area contributed by atoms with Gasteiger partial charge in [-0.05, 0) is 49.2 Å². The predicted octanol–water partition coefficient (Wildman–Crippen LogP) is 6.78. The lowest BCUT2D eigenvalue weighted by Gasteiger charge is -2.24. The second-order valence-corrected chi connectivity index (χ2v) is 12.1. The Morgan fingerprint density at radius 3 is 2.61 bits per heavy atom. The number of rotatable bonds is 10. The molecule has 2 aromatic heterocycles. The van der Waals surface area contributed by atoms with Crippen molar-refractivity contribution in [2.24, 2.45) is 0 Å². The molecule has 0 fully saturated rings. The van der Waals surface area contributed by atoms with Gasteiger partial charge in [-0.1, -0.05) is 71.1 Å². The number of thioether (sulfide) groups is 1. The SMILES string of the molecule is CCOc1cc(C2C(C(=O)c3cc4cccc(OC)c4o3)=C(O)C(=O)N2c2nnc(SCc3ccc(C)cc3)s2)ccc1O. The fourth-order valence-electron chi connectivity index (χ4n) is 4.95. The van der Waals surface area contributed by atoms with Crippen LogP contribution in [0.25, 0.3) is 11.0 Å². The summed E-state index contributed by atoms with van der Waals surface area (Å²) in [5.41, 5.74) is 2.83. The average molecular weight is 630 g/mol. The number of phenolic OH excluding ortho intramolecular Hbond substituents is 1. The van der Waals surface area contributed by atoms with E-state index >= 15 is 0 Å². The fourth-order valence-corrected chi connectivity index (χ4v) is 6.77. The number of carbonyl (C=O) groups is 2. The maximum atomic E-state index is 14.1. The van der Waals surface area contributed by atoms with Crippen molar-refractivity contribution in [2.75, 3.05) is 18.6 Å². The third-order valence-corrected chi connectivity index (χ3v) is 9.22. The normalized spacial score (nSPS) is 14.9. The van der Waals surface area contributed by atoms with Crippen LogP contribution in [0.1, 0.15) is 40.2 Å². The number of ketones is 1. The number of Topliss-reactive ketones (excluding diaryl/α,β-unsaturated/α-hetero) is 1. The van der Waals surface area contributed by atoms with E-state index in [2.05, 4.69) is 10.2 Å². The molecule has 44 heavy (non-hydrogen) atoms. The Kier molecular flexibility index (Phi) is 8.02. The number of aliphatic hydroxyl groups is 1. The molecule has 12 heteroatoms. The molecule has 0 bridgehead atoms. The summed E-state index contributed by atoms with van der Waals surface area (Å²) in [5, 5.41) is 30.9. The molecule has 1 unspecified atom stereocenters. The van der Waals surface area contributed by atoms with Crippen LogP contribution in [-0.4, -0.2) is 45.8 Å². The highest BCUT2D eigenvalue weighted by Crippen LogP contribution is 2.46. The van der Waals surface area contributed by atoms with Crippen LogP contribution in [0, 0.1) is 6.92 Å². The molecule has 0 radical (unpaired) electrons. The Bertz CT molecular complexity index is 1910. The monoisotopic (exact) mass is 629 g/mol. The van der Waals surface area contributed by atoms with Gasteiger partial charge < -0.3 is 24.1 Å². The molecule has 1 atom stereocenters. The minimum Gasteiger partial charge on any atom is -0.504 e. The number of aromatic nitrogens is 2. The first-order valence-corrected chi connectivity index (χ1v) is 15.4. The number of hydrogen-bond acceptors (Lipinski definition) is 11. The number of furan rings is 1. The molecule has 10 nitrogen and oxygen atoms in total. The molecule has 6 rings (SSSR count). The molecule has 0 spiro atoms. The molecule has 2 N–H and O–H groups in total. The van der Waals surface area contributed by atoms with Crippen molar-refractivity contribution in [2.45, 2.75) is 30.0 Å². The van der Waals surface area contributed by atoms with Crippen LogP contribution in [0.5, 0.6) is 17.2 Å². The van der Waals surface area contributed by atoms with Gasteiger partial charge >= 0.3 is 0 Å². The summed E-state index contributed by atoms with van der Waals surface area (Å²) in [7, 11) is 1.49. The standard InChI is InChI=1S/C32H27N3O7S2/c1-4-41-23-14-19(12-13-21(23)36)26-25(27(37)24-15-20-6-5-7-22(40-3)29(20)42-24)28(38)30(39)35(26)31-33-34-32(44-31)43-16-18-10-8-17(2)9-11-18/h5-15,26,36,38H,4,16H2,1-3H3. The number of nitrogens with zero attached hydrogens (tertiary/aromatic N) is 3. The fraction of sp³-hybridized carbons (Fsp3) is 0.188. The summed E-state index contributed by atoms with van der Waals surface area (Å²) in [6.07, 6.45) is 0. The van der Waals surface area contributed by atoms with E-state index in [-0.39, 0.29) is 34.6 Å². The minimum absolute atomic E-state index is 0.0823. The summed E-state index contributed by atoms with van der Waals surface area (Å²) in [6, 6.07) is 18.3. The number of para-hydroxylation sites is 1. The van der Waals surface area contributed by atoms with Crippen LogP contribution in [-0.2, 0) is 10.5 Å². The molecular weight excluding hydrogens is 603 g/mol. The van der Waals surface area contributed by atoms with Gasteiger partial charge in [-0.15, -0.1) is 10.2 Å². The Hall–Kier alpha value is -4.81. The maximum absolute atomic E-state index is 14.1. The average Bonchev–Trinajstić information content (AvgIpc) is 3.74. The Labute approximate surface area is 260 Å². The van der Waals surface area contributed by atoms with Gasteiger partial charge in [0.25, 0.3) is 5.91 Å². The number of benzene rings is 3. The summed E-state index contributed by atoms with van der Waals surface area (Å²) in [4.78, 5) is 29.0. The summed E-state index contributed by atoms with van der Waals surface area (Å²) in [6.45, 7) is 4.07. The first-order chi connectivity index (χ1) is 21.3. The van der Waals surface area contributed by atoms with Crippen LogP contribution in [0.2, 0.25) is 0 Å². The van der Waals surface area contributed by atoms with Crippen LogP contribution in [0.3, 0.4) is 0 Å². The maximum Gasteiger partial charge on any atom is 0.296 e. The van der Waals surface area contributed by atoms with E-state index in [1.807, 2.05) is 31.2 Å². The number of phenols is 1. The van der Waals surface area contributed by atoms with Gasteiger partial charge in [0, 0.05) is 11.1 Å². The second-order valence-electron chi connectivity index (χ2n) is 9.94. The molecule has 0 saturated heterocycles. The Morgan fingerprint density at radius 1 is 1.07 bits per heavy atom. The van der Waals surface area contributed by atoms with E-state index in [4.69, 9.17) is 13.9 Å². The van der Waals surface area contributed by atoms with Gasteiger partial charge in [-0.2, -0.15) is 0 Å². The van der Waals surface area contributed by atoms with E-state index in [1.54, 1.807) is 31.2 Å². The molecule has 224 valence electrons. The Morgan fingerprint density at radius 2 is 1.86 bits per heavy atom. The summed E-state index contributed by atoms with van der Waals surface area (Å²) in [5.74, 6) is -1.19. The lowest BCUT2D eigenvalue weighted by atomic mass is 9.95. The van der Waals surface area contributed by atoms with Crippen LogP contribution >= 0.6 is 23.1 Å². The lowest BCUT2D eigenvalue weighted by molar-refractivity contribution is -0.117. The molecular formula is C32H27N3O7S2. The number of amides is 1. The molecule has 1 amide bonds. The molecule has 0 saturated carbocycles. The molecule has 3 aromatic carbocycles. The summed E-state index contributed by atoms with van der Waals surface area (Å²) >= 11 is 2.63. The van der Waals surface area contributed by atoms with E-state index in [0.717, 1.165) is 11.1 Å². The first-order valence-electron chi connectivity index (χ1n) is 13.6. The number of aliphatic hydroxyl groups excluding tert-OH is 1. The van der Waals surface area contributed by atoms with E-state index in [0.29, 0.717) is 32.4 Å². The van der Waals surface area contributed by atoms with Gasteiger partial charge in [0.2, 0.25) is 10.9 Å². The summed E-state index contributed by atoms with van der Waals surface area (Å²) < 4.78 is 17.5. The lowest BCUT2D eigenvalue weighted by Crippen LogP contribution is -2.31. The van der Waals surface area contributed by atoms with Crippen LogP contribution in [0.4, 0.5) is 5.13 Å². The third-order valence-electron chi connectivity index (χ3n) is 7.09. The quantitative estimate of drug-likeness (QED) is 0.0967. The van der Waals surface area contributed by atoms with Gasteiger partial charge in [0.15, 0.2) is 38.7 Å². The number of methoxy groups -OCH3 is 1. The van der Waals surface area contributed by atoms with Gasteiger partial charge in [0.05, 0.1) is 25.3 Å². The number of carbonyl (C=O) groups excluding carboxylic acids is 2. The van der Waals surface area contributed by atoms with Crippen molar-refractivity contribution >= 4 is 50.9 Å². The van der Waals surface area contributed by atoms with Crippen molar-refractivity contribution in [3.63, 3.8) is 0 Å². The number of hydrogen-bond donors (Lipinski definition) is 2. The molecule has 0 aliphatic carbocycles. The zero-order valence-electron chi connectivity index (χ0n) is 23.9. The van der Waals surface area contributed by atoms with Crippen molar-refractivity contribution in [3.8, 4) is 17.2 Å². The molecule has 3 heterocycles. The highest BCUT2D eigenvalue weighted by atomic mass is 32.2. The number of aromatic hydroxyl groups is 1. The van der Waals surface area contributed by atoms with Gasteiger partial charge in [-0.25, -0.2) is 0 Å². The number of ether oxygens (including phenoxy) is 2. The van der Waals surface area contributed by atoms with Crippen molar-refractivity contribution in [1.82, 2.24) is 10.2 Å². The second kappa shape index (κ2) is 12.1. The Balaban J connectivity index is 1.40. The molecule has 5 aromatic rings. The zero-order valence-corrected chi connectivity index (χ0v) is 25.6. The van der Waals surface area contributed by atoms with Gasteiger partial charge in [-0.3, -0.25) is 14.5 Å². The largest absolute Gasteiger partial charge is 0.504 e. The topological polar surface area (TPSA) is 135 Å². The molecule has 1 aliphatic rings. The highest BCUT2D eigenvalue weighted by molar-refractivity contribution is 8.00. The number of anilines is 1. The number of fused-ring (bicyclic) bond motifs is 1. The zero-order chi connectivity index (χ0) is 31.0. The number of aryl methyl sites for hydroxylation is 1. The van der Waals surface area contributed by atoms with Crippen LogP contribution in [0.15, 0.2) is 86.8 Å². The smallest absolute Gasteiger partial charge is 0.296 e. The van der Waals surface area contributed by atoms with E-state index in [1.165, 1.54) is 53.3 Å². The van der Waals surface area contributed by atoms with Crippen molar-refractivity contribution < 1.29 is 33.7 Å². The minimum atomic E-state index is -1.12. The van der Waals surface area contributed by atoms with Crippen molar-refractivity contribution in [1.29, 1.82) is 0 Å². The van der Waals surface area contributed by atoms with Gasteiger partial charge in [0.1, 0.15) is 0 Å².